The first-order valence-corrected chi connectivity index (χ1v) is 8.12. The van der Waals surface area contributed by atoms with Gasteiger partial charge in [0.2, 0.25) is 11.8 Å². The summed E-state index contributed by atoms with van der Waals surface area (Å²) in [5.41, 5.74) is 0.565. The quantitative estimate of drug-likeness (QED) is 0.297. The summed E-state index contributed by atoms with van der Waals surface area (Å²) in [5, 5.41) is 25.6. The van der Waals surface area contributed by atoms with Crippen LogP contribution in [0.2, 0.25) is 0 Å². The highest BCUT2D eigenvalue weighted by molar-refractivity contribution is 5.93. The van der Waals surface area contributed by atoms with Crippen molar-refractivity contribution in [1.82, 2.24) is 25.9 Å². The van der Waals surface area contributed by atoms with Crippen molar-refractivity contribution in [2.24, 2.45) is 0 Å². The van der Waals surface area contributed by atoms with Gasteiger partial charge in [0, 0.05) is 18.3 Å². The Morgan fingerprint density at radius 3 is 2.54 bits per heavy atom. The summed E-state index contributed by atoms with van der Waals surface area (Å²) >= 11 is 0. The lowest BCUT2D eigenvalue weighted by Crippen LogP contribution is -2.55. The van der Waals surface area contributed by atoms with Crippen molar-refractivity contribution >= 4 is 23.8 Å². The molecule has 1 aromatic heterocycles. The molecule has 1 aliphatic heterocycles. The minimum Gasteiger partial charge on any atom is -0.481 e. The number of carboxylic acids is 2. The zero-order chi connectivity index (χ0) is 19.1. The molecule has 2 heterocycles. The SMILES string of the molecule is O=C(O)C[C@H](NC(=O)[C@H](Cc1cnc[nH]1)NC(=O)[C@@H]1CCCN1)C(=O)O. The molecule has 1 aromatic rings. The first-order chi connectivity index (χ1) is 12.4. The fourth-order valence-corrected chi connectivity index (χ4v) is 2.65. The molecular formula is C15H21N5O6. The van der Waals surface area contributed by atoms with Crippen molar-refractivity contribution in [3.63, 3.8) is 0 Å². The third kappa shape index (κ3) is 5.55. The molecule has 11 heteroatoms. The molecule has 1 aliphatic rings. The molecule has 0 saturated carbocycles. The molecular weight excluding hydrogens is 346 g/mol. The molecule has 26 heavy (non-hydrogen) atoms. The van der Waals surface area contributed by atoms with Crippen LogP contribution in [0.3, 0.4) is 0 Å². The van der Waals surface area contributed by atoms with Crippen LogP contribution in [0.15, 0.2) is 12.5 Å². The second-order valence-electron chi connectivity index (χ2n) is 5.99. The number of hydrogen-bond donors (Lipinski definition) is 6. The number of nitrogens with one attached hydrogen (secondary N) is 4. The van der Waals surface area contributed by atoms with Crippen LogP contribution in [-0.2, 0) is 25.6 Å². The third-order valence-corrected chi connectivity index (χ3v) is 3.98. The maximum Gasteiger partial charge on any atom is 0.326 e. The number of aromatic nitrogens is 2. The minimum atomic E-state index is -1.59. The number of H-pyrrole nitrogens is 1. The number of aliphatic carboxylic acids is 2. The molecule has 142 valence electrons. The van der Waals surface area contributed by atoms with E-state index in [1.165, 1.54) is 12.5 Å². The smallest absolute Gasteiger partial charge is 0.326 e. The van der Waals surface area contributed by atoms with E-state index in [2.05, 4.69) is 25.9 Å². The maximum atomic E-state index is 12.5. The van der Waals surface area contributed by atoms with Crippen LogP contribution >= 0.6 is 0 Å². The Bertz CT molecular complexity index is 655. The maximum absolute atomic E-state index is 12.5. The van der Waals surface area contributed by atoms with Crippen LogP contribution in [0.1, 0.15) is 25.0 Å². The zero-order valence-corrected chi connectivity index (χ0v) is 13.9. The summed E-state index contributed by atoms with van der Waals surface area (Å²) in [7, 11) is 0. The first kappa shape index (κ1) is 19.4. The Kier molecular flexibility index (Phi) is 6.67. The van der Waals surface area contributed by atoms with Gasteiger partial charge in [0.15, 0.2) is 0 Å². The molecule has 2 rings (SSSR count). The number of carboxylic acid groups (broad SMARTS) is 2. The van der Waals surface area contributed by atoms with E-state index in [-0.39, 0.29) is 12.3 Å². The normalized spacial score (nSPS) is 18.7. The largest absolute Gasteiger partial charge is 0.481 e. The number of amides is 2. The number of hydrogen-bond acceptors (Lipinski definition) is 6. The van der Waals surface area contributed by atoms with Crippen LogP contribution < -0.4 is 16.0 Å². The molecule has 0 bridgehead atoms. The van der Waals surface area contributed by atoms with Gasteiger partial charge in [0.05, 0.1) is 18.8 Å². The van der Waals surface area contributed by atoms with E-state index in [1.54, 1.807) is 0 Å². The molecule has 2 amide bonds. The van der Waals surface area contributed by atoms with Crippen molar-refractivity contribution in [3.05, 3.63) is 18.2 Å². The predicted molar refractivity (Wildman–Crippen MR) is 87.1 cm³/mol. The summed E-state index contributed by atoms with van der Waals surface area (Å²) in [5.74, 6) is -3.97. The van der Waals surface area contributed by atoms with E-state index in [4.69, 9.17) is 10.2 Å². The van der Waals surface area contributed by atoms with Crippen LogP contribution in [0.25, 0.3) is 0 Å². The van der Waals surface area contributed by atoms with E-state index < -0.39 is 42.4 Å². The molecule has 0 radical (unpaired) electrons. The van der Waals surface area contributed by atoms with Crippen molar-refractivity contribution in [2.75, 3.05) is 6.54 Å². The van der Waals surface area contributed by atoms with Crippen LogP contribution in [0, 0.1) is 0 Å². The molecule has 0 aromatic carbocycles. The van der Waals surface area contributed by atoms with E-state index >= 15 is 0 Å². The monoisotopic (exact) mass is 367 g/mol. The fraction of sp³-hybridized carbons (Fsp3) is 0.533. The highest BCUT2D eigenvalue weighted by Gasteiger charge is 2.31. The van der Waals surface area contributed by atoms with Crippen LogP contribution in [0.4, 0.5) is 0 Å². The lowest BCUT2D eigenvalue weighted by Gasteiger charge is -2.22. The highest BCUT2D eigenvalue weighted by atomic mass is 16.4. The number of nitrogens with zero attached hydrogens (tertiary/aromatic N) is 1. The Balaban J connectivity index is 2.07. The van der Waals surface area contributed by atoms with E-state index in [9.17, 15) is 19.2 Å². The van der Waals surface area contributed by atoms with E-state index in [0.717, 1.165) is 6.42 Å². The minimum absolute atomic E-state index is 0.0592. The van der Waals surface area contributed by atoms with Gasteiger partial charge in [-0.25, -0.2) is 9.78 Å². The van der Waals surface area contributed by atoms with E-state index in [0.29, 0.717) is 18.7 Å². The van der Waals surface area contributed by atoms with Gasteiger partial charge < -0.3 is 31.1 Å². The zero-order valence-electron chi connectivity index (χ0n) is 13.9. The Morgan fingerprint density at radius 2 is 2.00 bits per heavy atom. The Morgan fingerprint density at radius 1 is 1.23 bits per heavy atom. The van der Waals surface area contributed by atoms with Crippen molar-refractivity contribution in [2.45, 2.75) is 43.8 Å². The van der Waals surface area contributed by atoms with Gasteiger partial charge in [-0.2, -0.15) is 0 Å². The summed E-state index contributed by atoms with van der Waals surface area (Å²) < 4.78 is 0. The van der Waals surface area contributed by atoms with Crippen LogP contribution in [0.5, 0.6) is 0 Å². The average Bonchev–Trinajstić information content (AvgIpc) is 3.26. The molecule has 6 N–H and O–H groups in total. The second-order valence-corrected chi connectivity index (χ2v) is 5.99. The standard InChI is InChI=1S/C15H21N5O6/c21-12(22)5-11(15(25)26)20-14(24)10(4-8-6-16-7-18-8)19-13(23)9-2-1-3-17-9/h6-7,9-11,17H,1-5H2,(H,16,18)(H,19,23)(H,20,24)(H,21,22)(H,25,26)/t9-,10-,11-/m0/s1. The number of imidazole rings is 1. The molecule has 3 atom stereocenters. The third-order valence-electron chi connectivity index (χ3n) is 3.98. The lowest BCUT2D eigenvalue weighted by atomic mass is 10.1. The predicted octanol–water partition coefficient (Wildman–Crippen LogP) is -1.77. The van der Waals surface area contributed by atoms with Gasteiger partial charge in [-0.05, 0) is 19.4 Å². The second kappa shape index (κ2) is 8.94. The summed E-state index contributed by atoms with van der Waals surface area (Å²) in [6.45, 7) is 0.704. The molecule has 0 unspecified atom stereocenters. The average molecular weight is 367 g/mol. The summed E-state index contributed by atoms with van der Waals surface area (Å²) in [6.07, 6.45) is 3.66. The molecule has 11 nitrogen and oxygen atoms in total. The van der Waals surface area contributed by atoms with Gasteiger partial charge in [-0.3, -0.25) is 14.4 Å². The Hall–Kier alpha value is -2.95. The summed E-state index contributed by atoms with van der Waals surface area (Å²) in [4.78, 5) is 53.3. The van der Waals surface area contributed by atoms with Crippen LogP contribution in [-0.4, -0.2) is 68.6 Å². The number of aromatic amines is 1. The topological polar surface area (TPSA) is 174 Å². The number of carbonyl (C=O) groups is 4. The summed E-state index contributed by atoms with van der Waals surface area (Å²) in [6, 6.07) is -3.08. The van der Waals surface area contributed by atoms with Crippen molar-refractivity contribution in [1.29, 1.82) is 0 Å². The first-order valence-electron chi connectivity index (χ1n) is 8.12. The lowest BCUT2D eigenvalue weighted by molar-refractivity contribution is -0.147. The van der Waals surface area contributed by atoms with E-state index in [1.807, 2.05) is 0 Å². The van der Waals surface area contributed by atoms with Gasteiger partial charge in [-0.15, -0.1) is 0 Å². The highest BCUT2D eigenvalue weighted by Crippen LogP contribution is 2.07. The van der Waals surface area contributed by atoms with Gasteiger partial charge >= 0.3 is 11.9 Å². The van der Waals surface area contributed by atoms with Gasteiger partial charge in [0.25, 0.3) is 0 Å². The van der Waals surface area contributed by atoms with Gasteiger partial charge in [-0.1, -0.05) is 0 Å². The fourth-order valence-electron chi connectivity index (χ4n) is 2.65. The number of rotatable bonds is 9. The van der Waals surface area contributed by atoms with Gasteiger partial charge in [0.1, 0.15) is 12.1 Å². The van der Waals surface area contributed by atoms with Crippen molar-refractivity contribution in [3.8, 4) is 0 Å². The molecule has 0 aliphatic carbocycles. The molecule has 0 spiro atoms. The molecule has 1 fully saturated rings. The Labute approximate surface area is 148 Å². The number of carbonyl (C=O) groups excluding carboxylic acids is 2. The molecule has 1 saturated heterocycles. The van der Waals surface area contributed by atoms with Crippen molar-refractivity contribution < 1.29 is 29.4 Å².